The van der Waals surface area contributed by atoms with Crippen molar-refractivity contribution in [2.24, 2.45) is 4.99 Å². The number of aliphatic carboxylic acids is 1. The van der Waals surface area contributed by atoms with Crippen LogP contribution in [0.5, 0.6) is 11.5 Å². The van der Waals surface area contributed by atoms with E-state index in [1.807, 2.05) is 26.0 Å². The van der Waals surface area contributed by atoms with Crippen LogP contribution in [0.15, 0.2) is 45.8 Å². The van der Waals surface area contributed by atoms with Gasteiger partial charge in [-0.2, -0.15) is 0 Å². The quantitative estimate of drug-likeness (QED) is 0.776. The van der Waals surface area contributed by atoms with Gasteiger partial charge in [0.15, 0.2) is 11.5 Å². The number of hydrogen-bond acceptors (Lipinski definition) is 6. The lowest BCUT2D eigenvalue weighted by Gasteiger charge is -2.09. The predicted molar refractivity (Wildman–Crippen MR) is 94.8 cm³/mol. The Balaban J connectivity index is 2.28. The number of carboxylic acid groups (broad SMARTS) is 1. The summed E-state index contributed by atoms with van der Waals surface area (Å²) >= 11 is 0. The first-order valence-electron chi connectivity index (χ1n) is 8.02. The van der Waals surface area contributed by atoms with E-state index in [4.69, 9.17) is 9.15 Å². The van der Waals surface area contributed by atoms with Crippen LogP contribution in [0.1, 0.15) is 11.1 Å². The van der Waals surface area contributed by atoms with Gasteiger partial charge in [-0.1, -0.05) is 0 Å². The molecule has 0 aliphatic rings. The van der Waals surface area contributed by atoms with Crippen molar-refractivity contribution in [2.75, 3.05) is 13.7 Å². The van der Waals surface area contributed by atoms with Crippen LogP contribution in [-0.2, 0) is 4.79 Å². The molecule has 6 nitrogen and oxygen atoms in total. The smallest absolute Gasteiger partial charge is 0.161 e. The summed E-state index contributed by atoms with van der Waals surface area (Å²) in [4.78, 5) is 15.0. The molecule has 0 aliphatic carbocycles. The summed E-state index contributed by atoms with van der Waals surface area (Å²) in [6, 6.07) is 10.3. The van der Waals surface area contributed by atoms with Crippen molar-refractivity contribution in [3.63, 3.8) is 0 Å². The number of benzene rings is 2. The lowest BCUT2D eigenvalue weighted by Crippen LogP contribution is -2.26. The molecule has 134 valence electrons. The van der Waals surface area contributed by atoms with E-state index in [1.165, 1.54) is 13.2 Å². The Kier molecular flexibility index (Phi) is 4.67. The van der Waals surface area contributed by atoms with Crippen LogP contribution in [0.3, 0.4) is 0 Å². The van der Waals surface area contributed by atoms with E-state index in [2.05, 4.69) is 4.99 Å². The Bertz CT molecular complexity index is 1070. The molecule has 6 heteroatoms. The summed E-state index contributed by atoms with van der Waals surface area (Å²) in [5, 5.41) is 21.8. The number of fused-ring (bicyclic) bond motifs is 1. The van der Waals surface area contributed by atoms with E-state index >= 15 is 0 Å². The molecule has 26 heavy (non-hydrogen) atoms. The molecule has 0 fully saturated rings. The number of phenols is 1. The maximum Gasteiger partial charge on any atom is 0.161 e. The number of carbonyl (C=O) groups excluding carboxylic acids is 1. The molecule has 0 saturated heterocycles. The number of carbonyl (C=O) groups is 1. The summed E-state index contributed by atoms with van der Waals surface area (Å²) < 4.78 is 11.1. The second-order valence-corrected chi connectivity index (χ2v) is 6.00. The van der Waals surface area contributed by atoms with Gasteiger partial charge in [-0.15, -0.1) is 0 Å². The van der Waals surface area contributed by atoms with Crippen molar-refractivity contribution < 1.29 is 24.2 Å². The van der Waals surface area contributed by atoms with Crippen molar-refractivity contribution in [1.29, 1.82) is 0 Å². The molecule has 3 rings (SSSR count). The monoisotopic (exact) mass is 352 g/mol. The van der Waals surface area contributed by atoms with Crippen LogP contribution < -0.4 is 15.2 Å². The summed E-state index contributed by atoms with van der Waals surface area (Å²) in [5.41, 5.74) is 3.36. The fourth-order valence-corrected chi connectivity index (χ4v) is 2.68. The molecule has 0 bridgehead atoms. The van der Waals surface area contributed by atoms with Crippen LogP contribution in [-0.4, -0.2) is 24.7 Å². The van der Waals surface area contributed by atoms with Gasteiger partial charge in [0.1, 0.15) is 11.3 Å². The minimum absolute atomic E-state index is 0.0189. The van der Waals surface area contributed by atoms with Crippen molar-refractivity contribution >= 4 is 16.9 Å². The first kappa shape index (κ1) is 17.5. The molecule has 0 amide bonds. The minimum atomic E-state index is -1.25. The number of aromatic hydroxyl groups is 1. The zero-order valence-corrected chi connectivity index (χ0v) is 14.7. The van der Waals surface area contributed by atoms with Gasteiger partial charge < -0.3 is 24.2 Å². The van der Waals surface area contributed by atoms with Gasteiger partial charge in [0.05, 0.1) is 25.0 Å². The van der Waals surface area contributed by atoms with Crippen LogP contribution in [0.4, 0.5) is 0 Å². The largest absolute Gasteiger partial charge is 0.548 e. The molecule has 0 atom stereocenters. The van der Waals surface area contributed by atoms with Gasteiger partial charge in [-0.05, 0) is 55.3 Å². The number of methoxy groups -OCH3 is 1. The van der Waals surface area contributed by atoms with Gasteiger partial charge in [0.2, 0.25) is 0 Å². The molecule has 1 N–H and O–H groups in total. The molecule has 0 aliphatic heterocycles. The molecule has 0 radical (unpaired) electrons. The zero-order chi connectivity index (χ0) is 18.8. The number of rotatable bonds is 4. The zero-order valence-electron chi connectivity index (χ0n) is 14.7. The van der Waals surface area contributed by atoms with E-state index in [1.54, 1.807) is 18.2 Å². The van der Waals surface area contributed by atoms with Crippen molar-refractivity contribution in [3.8, 4) is 22.8 Å². The normalized spacial score (nSPS) is 11.7. The number of phenolic OH excluding ortho intramolecular Hbond substituents is 1. The molecule has 2 aromatic carbocycles. The molecular weight excluding hydrogens is 334 g/mol. The van der Waals surface area contributed by atoms with E-state index in [0.29, 0.717) is 28.0 Å². The highest BCUT2D eigenvalue weighted by atomic mass is 16.5. The molecule has 0 spiro atoms. The Labute approximate surface area is 150 Å². The lowest BCUT2D eigenvalue weighted by atomic mass is 10.1. The van der Waals surface area contributed by atoms with Crippen LogP contribution in [0.2, 0.25) is 0 Å². The number of aryl methyl sites for hydroxylation is 2. The average Bonchev–Trinajstić information content (AvgIpc) is 2.61. The highest BCUT2D eigenvalue weighted by molar-refractivity contribution is 5.80. The van der Waals surface area contributed by atoms with Gasteiger partial charge in [-0.3, -0.25) is 4.99 Å². The highest BCUT2D eigenvalue weighted by Gasteiger charge is 2.10. The summed E-state index contributed by atoms with van der Waals surface area (Å²) in [5.74, 6) is -0.441. The van der Waals surface area contributed by atoms with Gasteiger partial charge in [-0.25, -0.2) is 0 Å². The second-order valence-electron chi connectivity index (χ2n) is 6.00. The van der Waals surface area contributed by atoms with Gasteiger partial charge in [0, 0.05) is 17.0 Å². The van der Waals surface area contributed by atoms with E-state index in [-0.39, 0.29) is 5.75 Å². The Hall–Kier alpha value is -3.28. The standard InChI is InChI=1S/C20H19NO5/c1-11-6-14-15(21-10-20(23)24)9-17(26-18(14)7-12(11)2)13-4-5-16(22)19(8-13)25-3/h4-9,22H,10H2,1-3H3,(H,23,24)/p-1. The number of nitrogens with zero attached hydrogens (tertiary/aromatic N) is 1. The Morgan fingerprint density at radius 3 is 2.62 bits per heavy atom. The highest BCUT2D eigenvalue weighted by Crippen LogP contribution is 2.32. The van der Waals surface area contributed by atoms with Crippen molar-refractivity contribution in [3.05, 3.63) is 52.9 Å². The van der Waals surface area contributed by atoms with Gasteiger partial charge >= 0.3 is 0 Å². The van der Waals surface area contributed by atoms with Gasteiger partial charge in [0.25, 0.3) is 0 Å². The minimum Gasteiger partial charge on any atom is -0.548 e. The van der Waals surface area contributed by atoms with Crippen LogP contribution >= 0.6 is 0 Å². The van der Waals surface area contributed by atoms with Crippen molar-refractivity contribution in [1.82, 2.24) is 0 Å². The fraction of sp³-hybridized carbons (Fsp3) is 0.200. The lowest BCUT2D eigenvalue weighted by molar-refractivity contribution is -0.303. The first-order chi connectivity index (χ1) is 12.4. The van der Waals surface area contributed by atoms with Crippen molar-refractivity contribution in [2.45, 2.75) is 13.8 Å². The number of ether oxygens (including phenoxy) is 1. The Morgan fingerprint density at radius 1 is 1.19 bits per heavy atom. The molecule has 0 unspecified atom stereocenters. The SMILES string of the molecule is COc1cc(-c2cc(=NCC(=O)[O-])c3cc(C)c(C)cc3o2)ccc1O. The van der Waals surface area contributed by atoms with Crippen LogP contribution in [0, 0.1) is 13.8 Å². The van der Waals surface area contributed by atoms with Crippen LogP contribution in [0.25, 0.3) is 22.3 Å². The van der Waals surface area contributed by atoms with E-state index in [9.17, 15) is 15.0 Å². The summed E-state index contributed by atoms with van der Waals surface area (Å²) in [7, 11) is 1.46. The number of carboxylic acids is 1. The summed E-state index contributed by atoms with van der Waals surface area (Å²) in [6.07, 6.45) is 0. The van der Waals surface area contributed by atoms with E-state index < -0.39 is 12.5 Å². The third kappa shape index (κ3) is 3.39. The first-order valence-corrected chi connectivity index (χ1v) is 8.02. The molecule has 1 heterocycles. The average molecular weight is 352 g/mol. The second kappa shape index (κ2) is 6.92. The topological polar surface area (TPSA) is 95.1 Å². The summed E-state index contributed by atoms with van der Waals surface area (Å²) in [6.45, 7) is 3.50. The molecular formula is C20H18NO5-. The molecule has 3 aromatic rings. The maximum absolute atomic E-state index is 10.8. The number of hydrogen-bond donors (Lipinski definition) is 1. The fourth-order valence-electron chi connectivity index (χ4n) is 2.68. The molecule has 1 aromatic heterocycles. The third-order valence-electron chi connectivity index (χ3n) is 4.20. The Morgan fingerprint density at radius 2 is 1.92 bits per heavy atom. The van der Waals surface area contributed by atoms with E-state index in [0.717, 1.165) is 16.5 Å². The molecule has 0 saturated carbocycles. The predicted octanol–water partition coefficient (Wildman–Crippen LogP) is 2.08. The third-order valence-corrected chi connectivity index (χ3v) is 4.20. The maximum atomic E-state index is 10.8.